The van der Waals surface area contributed by atoms with Crippen LogP contribution >= 0.6 is 0 Å². The van der Waals surface area contributed by atoms with Crippen molar-refractivity contribution in [1.29, 1.82) is 0 Å². The molecular formula is C13H18FNO. The quantitative estimate of drug-likeness (QED) is 0.714. The van der Waals surface area contributed by atoms with E-state index in [1.54, 1.807) is 12.1 Å². The number of carbonyl (C=O) groups is 1. The first-order valence-corrected chi connectivity index (χ1v) is 5.62. The normalized spacial score (nSPS) is 10.6. The minimum absolute atomic E-state index is 0.157. The zero-order valence-electron chi connectivity index (χ0n) is 10.0. The number of nitrogens with zero attached hydrogens (tertiary/aromatic N) is 1. The first kappa shape index (κ1) is 12.7. The Morgan fingerprint density at radius 3 is 2.62 bits per heavy atom. The fraction of sp³-hybridized carbons (Fsp3) is 0.462. The molecule has 0 saturated heterocycles. The molecule has 0 aliphatic heterocycles. The summed E-state index contributed by atoms with van der Waals surface area (Å²) < 4.78 is 13.5. The van der Waals surface area contributed by atoms with E-state index in [0.717, 1.165) is 13.0 Å². The predicted octanol–water partition coefficient (Wildman–Crippen LogP) is 3.26. The number of halogens is 1. The van der Waals surface area contributed by atoms with Gasteiger partial charge in [-0.15, -0.1) is 0 Å². The largest absolute Gasteiger partial charge is 0.368 e. The summed E-state index contributed by atoms with van der Waals surface area (Å²) in [5.41, 5.74) is 0.844. The molecule has 0 aromatic heterocycles. The summed E-state index contributed by atoms with van der Waals surface area (Å²) in [7, 11) is 0. The highest BCUT2D eigenvalue weighted by Crippen LogP contribution is 2.23. The summed E-state index contributed by atoms with van der Waals surface area (Å²) in [6.07, 6.45) is 1.56. The molecule has 0 fully saturated rings. The van der Waals surface area contributed by atoms with Gasteiger partial charge in [-0.3, -0.25) is 4.79 Å². The van der Waals surface area contributed by atoms with Crippen LogP contribution in [0.5, 0.6) is 0 Å². The Kier molecular flexibility index (Phi) is 4.47. The Bertz CT molecular complexity index is 363. The molecule has 1 aromatic rings. The molecule has 0 amide bonds. The van der Waals surface area contributed by atoms with E-state index in [1.165, 1.54) is 6.07 Å². The zero-order valence-corrected chi connectivity index (χ0v) is 10.0. The van der Waals surface area contributed by atoms with Gasteiger partial charge in [0.1, 0.15) is 5.82 Å². The van der Waals surface area contributed by atoms with Crippen molar-refractivity contribution in [2.45, 2.75) is 33.2 Å². The van der Waals surface area contributed by atoms with Crippen LogP contribution in [-0.2, 0) is 0 Å². The third-order valence-electron chi connectivity index (χ3n) is 2.55. The van der Waals surface area contributed by atoms with Crippen LogP contribution in [0.15, 0.2) is 18.2 Å². The molecule has 0 atom stereocenters. The lowest BCUT2D eigenvalue weighted by atomic mass is 10.1. The van der Waals surface area contributed by atoms with Gasteiger partial charge in [0, 0.05) is 12.6 Å². The van der Waals surface area contributed by atoms with Crippen molar-refractivity contribution in [2.75, 3.05) is 11.4 Å². The molecule has 88 valence electrons. The van der Waals surface area contributed by atoms with Crippen LogP contribution in [0.1, 0.15) is 37.6 Å². The first-order valence-electron chi connectivity index (χ1n) is 5.62. The second-order valence-electron chi connectivity index (χ2n) is 4.08. The fourth-order valence-corrected chi connectivity index (χ4v) is 1.79. The second kappa shape index (κ2) is 5.64. The summed E-state index contributed by atoms with van der Waals surface area (Å²) in [6.45, 7) is 6.96. The van der Waals surface area contributed by atoms with Gasteiger partial charge in [-0.05, 0) is 32.4 Å². The van der Waals surface area contributed by atoms with Gasteiger partial charge in [0.2, 0.25) is 0 Å². The molecule has 0 heterocycles. The van der Waals surface area contributed by atoms with Crippen molar-refractivity contribution >= 4 is 12.0 Å². The summed E-state index contributed by atoms with van der Waals surface area (Å²) in [6, 6.07) is 5.00. The number of anilines is 1. The highest BCUT2D eigenvalue weighted by molar-refractivity contribution is 5.85. The predicted molar refractivity (Wildman–Crippen MR) is 64.6 cm³/mol. The van der Waals surface area contributed by atoms with Crippen LogP contribution in [0.4, 0.5) is 10.1 Å². The number of carbonyl (C=O) groups excluding carboxylic acids is 1. The zero-order chi connectivity index (χ0) is 12.1. The number of hydrogen-bond donors (Lipinski definition) is 0. The van der Waals surface area contributed by atoms with Gasteiger partial charge in [-0.1, -0.05) is 13.0 Å². The van der Waals surface area contributed by atoms with Crippen LogP contribution in [0, 0.1) is 5.82 Å². The molecule has 0 unspecified atom stereocenters. The minimum Gasteiger partial charge on any atom is -0.368 e. The summed E-state index contributed by atoms with van der Waals surface area (Å²) >= 11 is 0. The van der Waals surface area contributed by atoms with Gasteiger partial charge in [-0.2, -0.15) is 0 Å². The number of aldehydes is 1. The minimum atomic E-state index is -0.450. The maximum Gasteiger partial charge on any atom is 0.155 e. The van der Waals surface area contributed by atoms with Gasteiger partial charge >= 0.3 is 0 Å². The van der Waals surface area contributed by atoms with Crippen LogP contribution in [0.3, 0.4) is 0 Å². The van der Waals surface area contributed by atoms with Crippen molar-refractivity contribution in [1.82, 2.24) is 0 Å². The third kappa shape index (κ3) is 2.60. The molecule has 2 nitrogen and oxygen atoms in total. The SMILES string of the molecule is CCCN(c1cccc(F)c1C=O)C(C)C. The standard InChI is InChI=1S/C13H18FNO/c1-4-8-15(10(2)3)13-7-5-6-12(14)11(13)9-16/h5-7,9-10H,4,8H2,1-3H3. The Morgan fingerprint density at radius 1 is 1.44 bits per heavy atom. The number of rotatable bonds is 5. The van der Waals surface area contributed by atoms with E-state index >= 15 is 0 Å². The van der Waals surface area contributed by atoms with Crippen molar-refractivity contribution in [3.8, 4) is 0 Å². The van der Waals surface area contributed by atoms with E-state index in [0.29, 0.717) is 12.0 Å². The van der Waals surface area contributed by atoms with Crippen LogP contribution in [0.2, 0.25) is 0 Å². The van der Waals surface area contributed by atoms with Crippen LogP contribution in [-0.4, -0.2) is 18.9 Å². The topological polar surface area (TPSA) is 20.3 Å². The highest BCUT2D eigenvalue weighted by Gasteiger charge is 2.15. The number of benzene rings is 1. The molecule has 0 spiro atoms. The number of hydrogen-bond acceptors (Lipinski definition) is 2. The van der Waals surface area contributed by atoms with Crippen LogP contribution < -0.4 is 4.90 Å². The van der Waals surface area contributed by atoms with Crippen molar-refractivity contribution < 1.29 is 9.18 Å². The van der Waals surface area contributed by atoms with Gasteiger partial charge in [0.25, 0.3) is 0 Å². The molecule has 3 heteroatoms. The van der Waals surface area contributed by atoms with E-state index in [1.807, 2.05) is 18.7 Å². The van der Waals surface area contributed by atoms with E-state index in [9.17, 15) is 9.18 Å². The molecule has 0 aliphatic rings. The van der Waals surface area contributed by atoms with Gasteiger partial charge in [-0.25, -0.2) is 4.39 Å². The molecule has 0 bridgehead atoms. The van der Waals surface area contributed by atoms with Crippen molar-refractivity contribution in [3.05, 3.63) is 29.6 Å². The van der Waals surface area contributed by atoms with Gasteiger partial charge in [0.15, 0.2) is 6.29 Å². The summed E-state index contributed by atoms with van der Waals surface area (Å²) in [4.78, 5) is 13.0. The maximum atomic E-state index is 13.5. The van der Waals surface area contributed by atoms with Crippen LogP contribution in [0.25, 0.3) is 0 Å². The molecule has 0 radical (unpaired) electrons. The van der Waals surface area contributed by atoms with Crippen molar-refractivity contribution in [2.24, 2.45) is 0 Å². The molecule has 16 heavy (non-hydrogen) atoms. The molecule has 0 N–H and O–H groups in total. The Labute approximate surface area is 96.1 Å². The maximum absolute atomic E-state index is 13.5. The highest BCUT2D eigenvalue weighted by atomic mass is 19.1. The monoisotopic (exact) mass is 223 g/mol. The Balaban J connectivity index is 3.17. The molecule has 1 aromatic carbocycles. The summed E-state index contributed by atoms with van der Waals surface area (Å²) in [5.74, 6) is -0.450. The van der Waals surface area contributed by atoms with Crippen molar-refractivity contribution in [3.63, 3.8) is 0 Å². The van der Waals surface area contributed by atoms with Gasteiger partial charge in [0.05, 0.1) is 11.3 Å². The average Bonchev–Trinajstić information content (AvgIpc) is 2.25. The van der Waals surface area contributed by atoms with E-state index in [2.05, 4.69) is 6.92 Å². The van der Waals surface area contributed by atoms with Gasteiger partial charge < -0.3 is 4.90 Å². The average molecular weight is 223 g/mol. The fourth-order valence-electron chi connectivity index (χ4n) is 1.79. The van der Waals surface area contributed by atoms with E-state index < -0.39 is 5.82 Å². The lowest BCUT2D eigenvalue weighted by Gasteiger charge is -2.29. The molecule has 0 saturated carbocycles. The lowest BCUT2D eigenvalue weighted by Crippen LogP contribution is -2.32. The Morgan fingerprint density at radius 2 is 2.12 bits per heavy atom. The smallest absolute Gasteiger partial charge is 0.155 e. The Hall–Kier alpha value is -1.38. The lowest BCUT2D eigenvalue weighted by molar-refractivity contribution is 0.112. The second-order valence-corrected chi connectivity index (χ2v) is 4.08. The first-order chi connectivity index (χ1) is 7.61. The molecular weight excluding hydrogens is 205 g/mol. The summed E-state index contributed by atoms with van der Waals surface area (Å²) in [5, 5.41) is 0. The molecule has 0 aliphatic carbocycles. The third-order valence-corrected chi connectivity index (χ3v) is 2.55. The molecule has 1 rings (SSSR count). The van der Waals surface area contributed by atoms with E-state index in [-0.39, 0.29) is 11.6 Å². The van der Waals surface area contributed by atoms with E-state index in [4.69, 9.17) is 0 Å².